The van der Waals surface area contributed by atoms with Crippen LogP contribution in [0.15, 0.2) is 53.5 Å². The van der Waals surface area contributed by atoms with Crippen molar-refractivity contribution < 1.29 is 13.2 Å². The number of ether oxygens (including phenoxy) is 1. The Hall–Kier alpha value is -2.74. The van der Waals surface area contributed by atoms with E-state index in [-0.39, 0.29) is 12.3 Å². The second-order valence-electron chi connectivity index (χ2n) is 6.85. The molecule has 0 aliphatic carbocycles. The molecular weight excluding hydrogens is 388 g/mol. The fraction of sp³-hybridized carbons (Fsp3) is 0.381. The molecule has 0 atom stereocenters. The average molecular weight is 417 g/mol. The average Bonchev–Trinajstić information content (AvgIpc) is 3.16. The van der Waals surface area contributed by atoms with E-state index in [1.54, 1.807) is 7.05 Å². The first kappa shape index (κ1) is 21.0. The van der Waals surface area contributed by atoms with Crippen molar-refractivity contribution in [3.63, 3.8) is 0 Å². The molecule has 1 heterocycles. The van der Waals surface area contributed by atoms with E-state index in [0.717, 1.165) is 23.4 Å². The third kappa shape index (κ3) is 5.63. The molecular formula is C21H28N4O3S. The van der Waals surface area contributed by atoms with Crippen molar-refractivity contribution in [2.45, 2.75) is 13.3 Å². The summed E-state index contributed by atoms with van der Waals surface area (Å²) >= 11 is 0. The van der Waals surface area contributed by atoms with E-state index in [2.05, 4.69) is 15.6 Å². The summed E-state index contributed by atoms with van der Waals surface area (Å²) in [6.45, 7) is 3.85. The summed E-state index contributed by atoms with van der Waals surface area (Å²) in [7, 11) is -1.72. The summed E-state index contributed by atoms with van der Waals surface area (Å²) < 4.78 is 32.6. The number of anilines is 1. The smallest absolute Gasteiger partial charge is 0.236 e. The monoisotopic (exact) mass is 416 g/mol. The van der Waals surface area contributed by atoms with Gasteiger partial charge in [-0.25, -0.2) is 8.42 Å². The standard InChI is InChI=1S/C21H28N4O3S/c1-17-7-9-19(10-8-17)28-15-12-23-21(22-2)24-13-16-29(26,27)25-14-11-18-5-3-4-6-20(18)25/h3-10H,11-16H2,1-2H3,(H2,22,23,24). The van der Waals surface area contributed by atoms with Gasteiger partial charge in [0, 0.05) is 20.1 Å². The van der Waals surface area contributed by atoms with E-state index >= 15 is 0 Å². The number of benzene rings is 2. The highest BCUT2D eigenvalue weighted by Crippen LogP contribution is 2.29. The van der Waals surface area contributed by atoms with Crippen molar-refractivity contribution >= 4 is 21.7 Å². The van der Waals surface area contributed by atoms with Crippen LogP contribution in [0.1, 0.15) is 11.1 Å². The predicted molar refractivity (Wildman–Crippen MR) is 117 cm³/mol. The third-order valence-electron chi connectivity index (χ3n) is 4.74. The maximum absolute atomic E-state index is 12.7. The summed E-state index contributed by atoms with van der Waals surface area (Å²) in [5.41, 5.74) is 3.06. The highest BCUT2D eigenvalue weighted by atomic mass is 32.2. The Kier molecular flexibility index (Phi) is 6.98. The lowest BCUT2D eigenvalue weighted by Gasteiger charge is -2.20. The minimum absolute atomic E-state index is 0.00189. The molecule has 2 aromatic rings. The normalized spacial score (nSPS) is 13.9. The number of sulfonamides is 1. The molecule has 1 aliphatic rings. The quantitative estimate of drug-likeness (QED) is 0.390. The first-order chi connectivity index (χ1) is 14.0. The summed E-state index contributed by atoms with van der Waals surface area (Å²) in [6.07, 6.45) is 0.757. The Balaban J connectivity index is 1.41. The lowest BCUT2D eigenvalue weighted by molar-refractivity contribution is 0.322. The second-order valence-corrected chi connectivity index (χ2v) is 8.87. The van der Waals surface area contributed by atoms with Crippen LogP contribution < -0.4 is 19.7 Å². The minimum Gasteiger partial charge on any atom is -0.492 e. The predicted octanol–water partition coefficient (Wildman–Crippen LogP) is 1.93. The van der Waals surface area contributed by atoms with E-state index in [0.29, 0.717) is 25.7 Å². The zero-order chi connectivity index (χ0) is 20.7. The van der Waals surface area contributed by atoms with E-state index in [4.69, 9.17) is 4.74 Å². The van der Waals surface area contributed by atoms with Gasteiger partial charge < -0.3 is 15.4 Å². The SMILES string of the molecule is CN=C(NCCOc1ccc(C)cc1)NCCS(=O)(=O)N1CCc2ccccc21. The fourth-order valence-electron chi connectivity index (χ4n) is 3.20. The molecule has 0 bridgehead atoms. The maximum Gasteiger partial charge on any atom is 0.236 e. The molecule has 3 rings (SSSR count). The number of aryl methyl sites for hydroxylation is 1. The molecule has 0 spiro atoms. The zero-order valence-corrected chi connectivity index (χ0v) is 17.7. The van der Waals surface area contributed by atoms with E-state index in [1.165, 1.54) is 9.87 Å². The molecule has 0 radical (unpaired) electrons. The minimum atomic E-state index is -3.38. The highest BCUT2D eigenvalue weighted by molar-refractivity contribution is 7.92. The molecule has 0 unspecified atom stereocenters. The van der Waals surface area contributed by atoms with Gasteiger partial charge in [0.15, 0.2) is 5.96 Å². The number of para-hydroxylation sites is 1. The molecule has 2 N–H and O–H groups in total. The zero-order valence-electron chi connectivity index (χ0n) is 16.9. The number of aliphatic imine (C=N–C) groups is 1. The molecule has 0 amide bonds. The van der Waals surface area contributed by atoms with Crippen molar-refractivity contribution in [3.8, 4) is 5.75 Å². The van der Waals surface area contributed by atoms with Gasteiger partial charge >= 0.3 is 0 Å². The molecule has 7 nitrogen and oxygen atoms in total. The lowest BCUT2D eigenvalue weighted by Crippen LogP contribution is -2.43. The fourth-order valence-corrected chi connectivity index (χ4v) is 4.63. The van der Waals surface area contributed by atoms with Crippen molar-refractivity contribution in [2.24, 2.45) is 4.99 Å². The summed E-state index contributed by atoms with van der Waals surface area (Å²) in [4.78, 5) is 4.13. The molecule has 1 aliphatic heterocycles. The van der Waals surface area contributed by atoms with Gasteiger partial charge in [-0.05, 0) is 37.1 Å². The van der Waals surface area contributed by atoms with Crippen LogP contribution in [-0.2, 0) is 16.4 Å². The molecule has 8 heteroatoms. The Morgan fingerprint density at radius 2 is 1.83 bits per heavy atom. The first-order valence-electron chi connectivity index (χ1n) is 9.72. The van der Waals surface area contributed by atoms with Crippen molar-refractivity contribution in [3.05, 3.63) is 59.7 Å². The number of hydrogen-bond donors (Lipinski definition) is 2. The van der Waals surface area contributed by atoms with Gasteiger partial charge in [0.25, 0.3) is 0 Å². The van der Waals surface area contributed by atoms with Crippen LogP contribution in [0.2, 0.25) is 0 Å². The highest BCUT2D eigenvalue weighted by Gasteiger charge is 2.28. The van der Waals surface area contributed by atoms with Crippen LogP contribution in [0.3, 0.4) is 0 Å². The molecule has 29 heavy (non-hydrogen) atoms. The van der Waals surface area contributed by atoms with Crippen LogP contribution in [0.25, 0.3) is 0 Å². The molecule has 0 saturated carbocycles. The van der Waals surface area contributed by atoms with Crippen LogP contribution in [0.4, 0.5) is 5.69 Å². The number of nitrogens with one attached hydrogen (secondary N) is 2. The van der Waals surface area contributed by atoms with Crippen LogP contribution in [0.5, 0.6) is 5.75 Å². The Morgan fingerprint density at radius 3 is 2.59 bits per heavy atom. The molecule has 0 aromatic heterocycles. The largest absolute Gasteiger partial charge is 0.492 e. The maximum atomic E-state index is 12.7. The third-order valence-corrected chi connectivity index (χ3v) is 6.51. The first-order valence-corrected chi connectivity index (χ1v) is 11.3. The second kappa shape index (κ2) is 9.65. The summed E-state index contributed by atoms with van der Waals surface area (Å²) in [6, 6.07) is 15.5. The van der Waals surface area contributed by atoms with Crippen LogP contribution in [0, 0.1) is 6.92 Å². The Labute approximate surface area is 172 Å². The van der Waals surface area contributed by atoms with Crippen LogP contribution >= 0.6 is 0 Å². The van der Waals surface area contributed by atoms with Crippen molar-refractivity contribution in [1.82, 2.24) is 10.6 Å². The Bertz CT molecular complexity index is 943. The number of rotatable bonds is 8. The number of fused-ring (bicyclic) bond motifs is 1. The van der Waals surface area contributed by atoms with E-state index < -0.39 is 10.0 Å². The molecule has 0 saturated heterocycles. The van der Waals surface area contributed by atoms with Gasteiger partial charge in [0.05, 0.1) is 18.0 Å². The van der Waals surface area contributed by atoms with Crippen molar-refractivity contribution in [1.29, 1.82) is 0 Å². The van der Waals surface area contributed by atoms with Crippen LogP contribution in [-0.4, -0.2) is 53.4 Å². The lowest BCUT2D eigenvalue weighted by atomic mass is 10.2. The molecule has 156 valence electrons. The summed E-state index contributed by atoms with van der Waals surface area (Å²) in [5, 5.41) is 6.18. The van der Waals surface area contributed by atoms with Gasteiger partial charge in [-0.1, -0.05) is 35.9 Å². The van der Waals surface area contributed by atoms with Gasteiger partial charge in [0.2, 0.25) is 10.0 Å². The van der Waals surface area contributed by atoms with E-state index in [1.807, 2.05) is 55.5 Å². The number of nitrogens with zero attached hydrogens (tertiary/aromatic N) is 2. The van der Waals surface area contributed by atoms with Crippen molar-refractivity contribution in [2.75, 3.05) is 43.3 Å². The summed E-state index contributed by atoms with van der Waals surface area (Å²) in [5.74, 6) is 1.37. The topological polar surface area (TPSA) is 83.0 Å². The van der Waals surface area contributed by atoms with Gasteiger partial charge in [0.1, 0.15) is 12.4 Å². The molecule has 2 aromatic carbocycles. The Morgan fingerprint density at radius 1 is 1.10 bits per heavy atom. The van der Waals surface area contributed by atoms with E-state index in [9.17, 15) is 8.42 Å². The molecule has 0 fully saturated rings. The van der Waals surface area contributed by atoms with Gasteiger partial charge in [-0.15, -0.1) is 0 Å². The number of hydrogen-bond acceptors (Lipinski definition) is 4. The van der Waals surface area contributed by atoms with Gasteiger partial charge in [-0.3, -0.25) is 9.30 Å². The van der Waals surface area contributed by atoms with Gasteiger partial charge in [-0.2, -0.15) is 0 Å². The number of guanidine groups is 1.